The van der Waals surface area contributed by atoms with Gasteiger partial charge in [0.05, 0.1) is 6.10 Å². The average molecular weight is 530 g/mol. The van der Waals surface area contributed by atoms with E-state index in [1.807, 2.05) is 0 Å². The topological polar surface area (TPSA) is 9.23 Å². The Morgan fingerprint density at radius 2 is 1.15 bits per heavy atom. The summed E-state index contributed by atoms with van der Waals surface area (Å²) in [4.78, 5) is 0. The predicted octanol–water partition coefficient (Wildman–Crippen LogP) is 7.56. The summed E-state index contributed by atoms with van der Waals surface area (Å²) >= 11 is 0.519. The maximum Gasteiger partial charge on any atom is 0.0547 e. The molecule has 160 valence electrons. The molecule has 2 aliphatic carbocycles. The van der Waals surface area contributed by atoms with E-state index in [1.165, 1.54) is 24.0 Å². The Hall–Kier alpha value is 0.439. The molecule has 1 atom stereocenters. The van der Waals surface area contributed by atoms with Crippen molar-refractivity contribution in [1.29, 1.82) is 0 Å². The molecule has 0 radical (unpaired) electrons. The van der Waals surface area contributed by atoms with Gasteiger partial charge in [-0.3, -0.25) is 0 Å². The van der Waals surface area contributed by atoms with Gasteiger partial charge in [0, 0.05) is 6.61 Å². The molecule has 0 spiro atoms. The Morgan fingerprint density at radius 1 is 0.741 bits per heavy atom. The van der Waals surface area contributed by atoms with Gasteiger partial charge < -0.3 is 4.74 Å². The van der Waals surface area contributed by atoms with Crippen molar-refractivity contribution in [2.75, 3.05) is 6.61 Å². The smallest absolute Gasteiger partial charge is 0.0547 e. The van der Waals surface area contributed by atoms with Crippen LogP contribution in [0, 0.1) is 53.2 Å². The molecule has 27 heavy (non-hydrogen) atoms. The summed E-state index contributed by atoms with van der Waals surface area (Å²) in [5.41, 5.74) is 9.73. The van der Waals surface area contributed by atoms with Crippen molar-refractivity contribution in [3.8, 4) is 0 Å². The van der Waals surface area contributed by atoms with Crippen molar-refractivity contribution in [2.24, 2.45) is 10.8 Å². The molecule has 3 rings (SSSR count). The summed E-state index contributed by atoms with van der Waals surface area (Å²) in [5, 5.41) is 0. The van der Waals surface area contributed by atoms with Crippen molar-refractivity contribution < 1.29 is 47.1 Å². The van der Waals surface area contributed by atoms with E-state index in [2.05, 4.69) is 76.2 Å². The molecule has 0 amide bonds. The fourth-order valence-corrected chi connectivity index (χ4v) is 7.52. The Balaban J connectivity index is 0.000000369. The zero-order chi connectivity index (χ0) is 20.7. The number of hydrogen-bond acceptors (Lipinski definition) is 1. The van der Waals surface area contributed by atoms with E-state index in [0.717, 1.165) is 6.61 Å². The molecule has 0 bridgehead atoms. The van der Waals surface area contributed by atoms with Crippen LogP contribution >= 0.6 is 0 Å². The van der Waals surface area contributed by atoms with Crippen LogP contribution in [0.1, 0.15) is 89.0 Å². The van der Waals surface area contributed by atoms with Crippen LogP contribution in [0.25, 0.3) is 0 Å². The van der Waals surface area contributed by atoms with Crippen molar-refractivity contribution in [2.45, 2.75) is 95.1 Å². The minimum absolute atomic E-state index is 0.235. The van der Waals surface area contributed by atoms with Gasteiger partial charge in [-0.15, -0.1) is 0 Å². The van der Waals surface area contributed by atoms with Gasteiger partial charge in [-0.25, -0.2) is 0 Å². The van der Waals surface area contributed by atoms with Crippen molar-refractivity contribution >= 4 is 0 Å². The summed E-state index contributed by atoms with van der Waals surface area (Å²) in [6.45, 7) is 26.6. The van der Waals surface area contributed by atoms with Crippen molar-refractivity contribution in [3.05, 3.63) is 34.1 Å². The largest absolute Gasteiger partial charge is 0.379 e. The van der Waals surface area contributed by atoms with Crippen LogP contribution in [0.3, 0.4) is 0 Å². The quantitative estimate of drug-likeness (QED) is 0.359. The molecule has 1 nitrogen and oxygen atoms in total. The molecule has 0 N–H and O–H groups in total. The van der Waals surface area contributed by atoms with E-state index in [9.17, 15) is 0 Å². The van der Waals surface area contributed by atoms with Crippen LogP contribution in [0.5, 0.6) is 0 Å². The average Bonchev–Trinajstić information content (AvgIpc) is 3.17. The molecule has 2 heteroatoms. The molecular weight excluding hydrogens is 489 g/mol. The van der Waals surface area contributed by atoms with E-state index in [1.54, 1.807) is 23.0 Å². The molecule has 1 aliphatic heterocycles. The second kappa shape index (κ2) is 8.66. The molecule has 0 aromatic rings. The van der Waals surface area contributed by atoms with Gasteiger partial charge in [0.25, 0.3) is 0 Å². The standard InChI is InChI=1S/2C10H15.C5H10O.Yb/c2*1-7-6-10(4,5)9(3)8(7)2;1-5-3-2-4-6-5;/h2*1-5H3;5H,2-4H2,1H3;. The van der Waals surface area contributed by atoms with Gasteiger partial charge in [0.1, 0.15) is 0 Å². The minimum atomic E-state index is 0.235. The SMILES string of the molecule is CC1=C(C)C(C)(C)[C]([Yb][C]2=C(C)C(C)=C(C)C2(C)C)=C1C.CC1CCCO1. The molecule has 1 unspecified atom stereocenters. The van der Waals surface area contributed by atoms with Crippen molar-refractivity contribution in [3.63, 3.8) is 0 Å². The van der Waals surface area contributed by atoms with Gasteiger partial charge in [0.15, 0.2) is 0 Å². The van der Waals surface area contributed by atoms with Gasteiger partial charge in [-0.1, -0.05) is 0 Å². The zero-order valence-corrected chi connectivity index (χ0v) is 21.1. The first-order chi connectivity index (χ1) is 12.3. The second-order valence-corrected chi connectivity index (χ2v) is 11.6. The number of allylic oxidation sites excluding steroid dienone is 8. The third-order valence-corrected chi connectivity index (χ3v) is 11.2. The number of hydrogen-bond donors (Lipinski definition) is 0. The minimum Gasteiger partial charge on any atom is -0.379 e. The van der Waals surface area contributed by atoms with Crippen LogP contribution in [-0.4, -0.2) is 12.7 Å². The molecule has 0 aromatic heterocycles. The predicted molar refractivity (Wildman–Crippen MR) is 114 cm³/mol. The molecule has 3 aliphatic rings. The molecular formula is C25H40OYb. The molecule has 1 heterocycles. The fraction of sp³-hybridized carbons (Fsp3) is 0.680. The van der Waals surface area contributed by atoms with Crippen molar-refractivity contribution in [1.82, 2.24) is 0 Å². The van der Waals surface area contributed by atoms with Crippen LogP contribution in [0.2, 0.25) is 0 Å². The fourth-order valence-electron chi connectivity index (χ4n) is 4.09. The zero-order valence-electron chi connectivity index (χ0n) is 19.4. The van der Waals surface area contributed by atoms with E-state index in [4.69, 9.17) is 4.74 Å². The van der Waals surface area contributed by atoms with Gasteiger partial charge >= 0.3 is 157 Å². The van der Waals surface area contributed by atoms with Crippen LogP contribution in [0.15, 0.2) is 34.1 Å². The maximum absolute atomic E-state index is 5.15. The third kappa shape index (κ3) is 4.47. The Bertz CT molecular complexity index is 678. The second-order valence-electron chi connectivity index (χ2n) is 9.41. The summed E-state index contributed by atoms with van der Waals surface area (Å²) < 4.78 is 8.52. The van der Waals surface area contributed by atoms with Crippen LogP contribution in [0.4, 0.5) is 0 Å². The maximum atomic E-state index is 5.15. The number of rotatable bonds is 2. The normalized spacial score (nSPS) is 27.1. The summed E-state index contributed by atoms with van der Waals surface area (Å²) in [7, 11) is 0. The van der Waals surface area contributed by atoms with Gasteiger partial charge in [-0.2, -0.15) is 0 Å². The van der Waals surface area contributed by atoms with Gasteiger partial charge in [0.2, 0.25) is 0 Å². The van der Waals surface area contributed by atoms with Gasteiger partial charge in [-0.05, 0) is 19.8 Å². The van der Waals surface area contributed by atoms with E-state index in [0.29, 0.717) is 48.5 Å². The molecule has 1 fully saturated rings. The van der Waals surface area contributed by atoms with Crippen LogP contribution < -0.4 is 0 Å². The Labute approximate surface area is 192 Å². The monoisotopic (exact) mass is 530 g/mol. The molecule has 0 saturated carbocycles. The number of ether oxygens (including phenoxy) is 1. The van der Waals surface area contributed by atoms with E-state index < -0.39 is 0 Å². The van der Waals surface area contributed by atoms with E-state index >= 15 is 0 Å². The Kier molecular flexibility index (Phi) is 7.61. The Morgan fingerprint density at radius 3 is 1.33 bits per heavy atom. The third-order valence-electron chi connectivity index (χ3n) is 6.95. The summed E-state index contributed by atoms with van der Waals surface area (Å²) in [6, 6.07) is 0. The summed E-state index contributed by atoms with van der Waals surface area (Å²) in [5.74, 6) is 0. The summed E-state index contributed by atoms with van der Waals surface area (Å²) in [6.07, 6.45) is 3.08. The van der Waals surface area contributed by atoms with Crippen LogP contribution in [-0.2, 0) is 4.74 Å². The van der Waals surface area contributed by atoms with E-state index in [-0.39, 0.29) is 10.8 Å². The first-order valence-corrected chi connectivity index (χ1v) is 12.0. The molecule has 1 saturated heterocycles. The molecule has 0 aromatic carbocycles. The first-order valence-electron chi connectivity index (χ1n) is 10.3. The first kappa shape index (κ1) is 23.7.